The van der Waals surface area contributed by atoms with Gasteiger partial charge >= 0.3 is 0 Å². The lowest BCUT2D eigenvalue weighted by molar-refractivity contribution is 0.248. The summed E-state index contributed by atoms with van der Waals surface area (Å²) in [5.41, 5.74) is 11.0. The van der Waals surface area contributed by atoms with E-state index in [9.17, 15) is 5.26 Å². The Morgan fingerprint density at radius 2 is 1.61 bits per heavy atom. The maximum absolute atomic E-state index is 10.2. The van der Waals surface area contributed by atoms with E-state index in [-0.39, 0.29) is 0 Å². The summed E-state index contributed by atoms with van der Waals surface area (Å²) < 4.78 is 2.25. The molecule has 38 heavy (non-hydrogen) atoms. The first-order chi connectivity index (χ1) is 18.5. The van der Waals surface area contributed by atoms with Gasteiger partial charge in [-0.25, -0.2) is 4.98 Å². The summed E-state index contributed by atoms with van der Waals surface area (Å²) in [6.07, 6.45) is 0.780. The molecule has 1 fully saturated rings. The molecule has 5 aromatic rings. The average molecular weight is 500 g/mol. The number of para-hydroxylation sites is 2. The minimum atomic E-state index is 0.671. The highest BCUT2D eigenvalue weighted by atomic mass is 15.3. The maximum atomic E-state index is 10.2. The van der Waals surface area contributed by atoms with Crippen molar-refractivity contribution in [1.82, 2.24) is 14.3 Å². The predicted octanol–water partition coefficient (Wildman–Crippen LogP) is 6.20. The van der Waals surface area contributed by atoms with Gasteiger partial charge in [0.15, 0.2) is 5.65 Å². The number of nitriles is 1. The number of fused-ring (bicyclic) bond motifs is 3. The Kier molecular flexibility index (Phi) is 6.35. The van der Waals surface area contributed by atoms with Crippen LogP contribution in [0.2, 0.25) is 0 Å². The first-order valence-corrected chi connectivity index (χ1v) is 13.4. The largest absolute Gasteiger partial charge is 0.355 e. The number of aryl methyl sites for hydroxylation is 2. The monoisotopic (exact) mass is 499 g/mol. The van der Waals surface area contributed by atoms with Crippen LogP contribution in [0.25, 0.3) is 16.7 Å². The third-order valence-electron chi connectivity index (χ3n) is 7.99. The highest BCUT2D eigenvalue weighted by Crippen LogP contribution is 2.35. The van der Waals surface area contributed by atoms with E-state index in [1.54, 1.807) is 0 Å². The molecule has 0 saturated carbocycles. The average Bonchev–Trinajstić information content (AvgIpc) is 3.31. The highest BCUT2D eigenvalue weighted by molar-refractivity contribution is 5.86. The van der Waals surface area contributed by atoms with Crippen LogP contribution in [0.3, 0.4) is 0 Å². The molecule has 0 unspecified atom stereocenters. The van der Waals surface area contributed by atoms with E-state index in [0.29, 0.717) is 5.56 Å². The number of benzene rings is 3. The maximum Gasteiger partial charge on any atom is 0.157 e. The molecule has 5 nitrogen and oxygen atoms in total. The smallest absolute Gasteiger partial charge is 0.157 e. The van der Waals surface area contributed by atoms with Crippen LogP contribution in [-0.4, -0.2) is 40.5 Å². The van der Waals surface area contributed by atoms with Crippen molar-refractivity contribution in [1.29, 1.82) is 5.26 Å². The molecular formula is C33H33N5. The normalized spacial score (nSPS) is 14.3. The van der Waals surface area contributed by atoms with E-state index in [2.05, 4.69) is 102 Å². The predicted molar refractivity (Wildman–Crippen MR) is 155 cm³/mol. The molecule has 6 rings (SSSR count). The molecule has 3 heterocycles. The van der Waals surface area contributed by atoms with E-state index >= 15 is 0 Å². The topological polar surface area (TPSA) is 47.6 Å². The Labute approximate surface area is 224 Å². The van der Waals surface area contributed by atoms with Crippen LogP contribution in [-0.2, 0) is 13.0 Å². The number of piperazine rings is 1. The van der Waals surface area contributed by atoms with Gasteiger partial charge in [0.05, 0.1) is 16.6 Å². The number of anilines is 1. The van der Waals surface area contributed by atoms with E-state index in [4.69, 9.17) is 4.98 Å². The minimum Gasteiger partial charge on any atom is -0.355 e. The second kappa shape index (κ2) is 9.96. The van der Waals surface area contributed by atoms with E-state index in [1.165, 1.54) is 33.6 Å². The summed E-state index contributed by atoms with van der Waals surface area (Å²) in [4.78, 5) is 10.0. The third kappa shape index (κ3) is 4.31. The molecular weight excluding hydrogens is 466 g/mol. The van der Waals surface area contributed by atoms with E-state index in [1.807, 2.05) is 12.1 Å². The molecule has 0 aliphatic carbocycles. The van der Waals surface area contributed by atoms with E-state index < -0.39 is 0 Å². The Morgan fingerprint density at radius 1 is 0.868 bits per heavy atom. The molecule has 2 aromatic heterocycles. The summed E-state index contributed by atoms with van der Waals surface area (Å²) in [6, 6.07) is 28.1. The van der Waals surface area contributed by atoms with Gasteiger partial charge in [-0.2, -0.15) is 5.26 Å². The fraction of sp³-hybridized carbons (Fsp3) is 0.273. The standard InChI is InChI=1S/C33H33N5/c1-23-13-14-27(24(2)19-23)22-36-15-17-37(18-16-36)33-28(20-26-9-5-4-6-10-26)25(3)29(21-34)32-35-30-11-7-8-12-31(30)38(32)33/h4-14,19H,15-18,20,22H2,1-3H3. The van der Waals surface area contributed by atoms with Gasteiger partial charge in [0.25, 0.3) is 0 Å². The van der Waals surface area contributed by atoms with Gasteiger partial charge < -0.3 is 4.90 Å². The fourth-order valence-electron chi connectivity index (χ4n) is 5.89. The molecule has 1 aliphatic heterocycles. The molecule has 0 N–H and O–H groups in total. The van der Waals surface area contributed by atoms with Crippen molar-refractivity contribution in [2.24, 2.45) is 0 Å². The highest BCUT2D eigenvalue weighted by Gasteiger charge is 2.27. The van der Waals surface area contributed by atoms with Crippen LogP contribution in [0.15, 0.2) is 72.8 Å². The fourth-order valence-corrected chi connectivity index (χ4v) is 5.89. The molecule has 0 bridgehead atoms. The van der Waals surface area contributed by atoms with Gasteiger partial charge in [-0.05, 0) is 55.2 Å². The Balaban J connectivity index is 1.42. The second-order valence-electron chi connectivity index (χ2n) is 10.5. The molecule has 5 heteroatoms. The van der Waals surface area contributed by atoms with Crippen molar-refractivity contribution < 1.29 is 0 Å². The lowest BCUT2D eigenvalue weighted by Gasteiger charge is -2.38. The van der Waals surface area contributed by atoms with Gasteiger partial charge in [-0.1, -0.05) is 66.2 Å². The number of imidazole rings is 1. The van der Waals surface area contributed by atoms with Crippen LogP contribution < -0.4 is 4.90 Å². The zero-order valence-corrected chi connectivity index (χ0v) is 22.4. The molecule has 0 atom stereocenters. The lowest BCUT2D eigenvalue weighted by atomic mass is 9.97. The van der Waals surface area contributed by atoms with Crippen LogP contribution in [0.5, 0.6) is 0 Å². The van der Waals surface area contributed by atoms with Crippen LogP contribution in [0.1, 0.15) is 38.9 Å². The summed E-state index contributed by atoms with van der Waals surface area (Å²) >= 11 is 0. The number of nitrogens with zero attached hydrogens (tertiary/aromatic N) is 5. The zero-order valence-electron chi connectivity index (χ0n) is 22.4. The minimum absolute atomic E-state index is 0.671. The van der Waals surface area contributed by atoms with Crippen molar-refractivity contribution in [3.05, 3.63) is 112 Å². The van der Waals surface area contributed by atoms with Gasteiger partial charge in [-0.15, -0.1) is 0 Å². The van der Waals surface area contributed by atoms with Crippen molar-refractivity contribution in [3.8, 4) is 6.07 Å². The number of hydrogen-bond acceptors (Lipinski definition) is 4. The zero-order chi connectivity index (χ0) is 26.2. The van der Waals surface area contributed by atoms with Crippen molar-refractivity contribution >= 4 is 22.5 Å². The van der Waals surface area contributed by atoms with Crippen LogP contribution in [0.4, 0.5) is 5.82 Å². The summed E-state index contributed by atoms with van der Waals surface area (Å²) in [7, 11) is 0. The number of pyridine rings is 1. The number of hydrogen-bond donors (Lipinski definition) is 0. The Morgan fingerprint density at radius 3 is 2.34 bits per heavy atom. The first-order valence-electron chi connectivity index (χ1n) is 13.4. The lowest BCUT2D eigenvalue weighted by Crippen LogP contribution is -2.47. The Bertz CT molecular complexity index is 1670. The summed E-state index contributed by atoms with van der Waals surface area (Å²) in [5, 5.41) is 10.2. The van der Waals surface area contributed by atoms with Crippen molar-refractivity contribution in [2.75, 3.05) is 31.1 Å². The number of rotatable bonds is 5. The van der Waals surface area contributed by atoms with Gasteiger partial charge in [0, 0.05) is 44.7 Å². The molecule has 190 valence electrons. The molecule has 3 aromatic carbocycles. The summed E-state index contributed by atoms with van der Waals surface area (Å²) in [5.74, 6) is 1.18. The van der Waals surface area contributed by atoms with Crippen molar-refractivity contribution in [3.63, 3.8) is 0 Å². The molecule has 0 amide bonds. The quantitative estimate of drug-likeness (QED) is 0.289. The first kappa shape index (κ1) is 24.2. The number of aromatic nitrogens is 2. The van der Waals surface area contributed by atoms with Crippen LogP contribution in [0, 0.1) is 32.1 Å². The van der Waals surface area contributed by atoms with Gasteiger partial charge in [0.2, 0.25) is 0 Å². The van der Waals surface area contributed by atoms with Crippen molar-refractivity contribution in [2.45, 2.75) is 33.7 Å². The SMILES string of the molecule is Cc1ccc(CN2CCN(c3c(Cc4ccccc4)c(C)c(C#N)c4nc5ccccc5n34)CC2)c(C)c1. The second-order valence-corrected chi connectivity index (χ2v) is 10.5. The molecule has 1 saturated heterocycles. The van der Waals surface area contributed by atoms with Gasteiger partial charge in [-0.3, -0.25) is 9.30 Å². The van der Waals surface area contributed by atoms with E-state index in [0.717, 1.165) is 61.4 Å². The molecule has 1 aliphatic rings. The molecule has 0 spiro atoms. The third-order valence-corrected chi connectivity index (χ3v) is 7.99. The molecule has 0 radical (unpaired) electrons. The van der Waals surface area contributed by atoms with Gasteiger partial charge in [0.1, 0.15) is 11.9 Å². The van der Waals surface area contributed by atoms with Crippen LogP contribution >= 0.6 is 0 Å². The summed E-state index contributed by atoms with van der Waals surface area (Å²) in [6.45, 7) is 11.3. The Hall–Kier alpha value is -4.14.